The molecule has 74 valence electrons. The fraction of sp³-hybridized carbons (Fsp3) is 0.778. The van der Waals surface area contributed by atoms with E-state index in [1.165, 1.54) is 6.92 Å². The molecule has 13 heavy (non-hydrogen) atoms. The van der Waals surface area contributed by atoms with Crippen molar-refractivity contribution in [3.8, 4) is 0 Å². The molecule has 0 aromatic carbocycles. The molecule has 0 aromatic rings. The summed E-state index contributed by atoms with van der Waals surface area (Å²) in [7, 11) is 0. The first kappa shape index (κ1) is 10.2. The molecule has 4 heteroatoms. The van der Waals surface area contributed by atoms with Crippen molar-refractivity contribution in [3.63, 3.8) is 0 Å². The number of rotatable bonds is 4. The lowest BCUT2D eigenvalue weighted by Crippen LogP contribution is -2.35. The van der Waals surface area contributed by atoms with Gasteiger partial charge in [0.25, 0.3) is 0 Å². The Kier molecular flexibility index (Phi) is 3.89. The molecule has 0 spiro atoms. The second kappa shape index (κ2) is 4.97. The summed E-state index contributed by atoms with van der Waals surface area (Å²) in [5.41, 5.74) is 0. The van der Waals surface area contributed by atoms with Crippen LogP contribution in [0, 0.1) is 0 Å². The van der Waals surface area contributed by atoms with Gasteiger partial charge in [-0.2, -0.15) is 0 Å². The highest BCUT2D eigenvalue weighted by molar-refractivity contribution is 5.83. The van der Waals surface area contributed by atoms with Crippen molar-refractivity contribution in [1.82, 2.24) is 5.32 Å². The zero-order valence-electron chi connectivity index (χ0n) is 7.84. The Labute approximate surface area is 77.6 Å². The number of hydrogen-bond acceptors (Lipinski definition) is 3. The maximum atomic E-state index is 11.2. The van der Waals surface area contributed by atoms with Crippen LogP contribution in [-0.2, 0) is 14.3 Å². The van der Waals surface area contributed by atoms with Crippen molar-refractivity contribution in [2.24, 2.45) is 0 Å². The highest BCUT2D eigenvalue weighted by atomic mass is 16.5. The molecule has 1 heterocycles. The fourth-order valence-corrected chi connectivity index (χ4v) is 1.24. The molecule has 0 aliphatic carbocycles. The van der Waals surface area contributed by atoms with E-state index >= 15 is 0 Å². The Balaban J connectivity index is 2.13. The van der Waals surface area contributed by atoms with Crippen LogP contribution < -0.4 is 5.32 Å². The lowest BCUT2D eigenvalue weighted by Gasteiger charge is -2.09. The molecule has 1 unspecified atom stereocenters. The van der Waals surface area contributed by atoms with Gasteiger partial charge in [-0.15, -0.1) is 0 Å². The monoisotopic (exact) mass is 185 g/mol. The molecule has 1 N–H and O–H groups in total. The minimum Gasteiger partial charge on any atom is -0.379 e. The second-order valence-electron chi connectivity index (χ2n) is 3.33. The predicted molar refractivity (Wildman–Crippen MR) is 47.3 cm³/mol. The van der Waals surface area contributed by atoms with E-state index in [4.69, 9.17) is 4.74 Å². The Morgan fingerprint density at radius 2 is 2.23 bits per heavy atom. The third-order valence-electron chi connectivity index (χ3n) is 2.00. The van der Waals surface area contributed by atoms with Gasteiger partial charge in [0, 0.05) is 19.4 Å². The molecule has 4 nitrogen and oxygen atoms in total. The molecule has 1 fully saturated rings. The summed E-state index contributed by atoms with van der Waals surface area (Å²) in [6.07, 6.45) is 1.51. The highest BCUT2D eigenvalue weighted by Gasteiger charge is 2.17. The third-order valence-corrected chi connectivity index (χ3v) is 2.00. The van der Waals surface area contributed by atoms with Crippen LogP contribution in [-0.4, -0.2) is 30.9 Å². The molecule has 0 radical (unpaired) electrons. The molecule has 1 atom stereocenters. The van der Waals surface area contributed by atoms with E-state index in [0.717, 1.165) is 13.0 Å². The largest absolute Gasteiger partial charge is 0.379 e. The summed E-state index contributed by atoms with van der Waals surface area (Å²) in [5, 5.41) is 2.82. The van der Waals surface area contributed by atoms with Crippen molar-refractivity contribution in [3.05, 3.63) is 0 Å². The van der Waals surface area contributed by atoms with Gasteiger partial charge in [-0.25, -0.2) is 0 Å². The van der Waals surface area contributed by atoms with E-state index in [-0.39, 0.29) is 17.7 Å². The lowest BCUT2D eigenvalue weighted by atomic mass is 10.2. The van der Waals surface area contributed by atoms with Crippen LogP contribution in [0.4, 0.5) is 0 Å². The minimum absolute atomic E-state index is 0.0503. The molecule has 1 amide bonds. The van der Waals surface area contributed by atoms with Crippen LogP contribution in [0.25, 0.3) is 0 Å². The zero-order valence-corrected chi connectivity index (χ0v) is 7.84. The highest BCUT2D eigenvalue weighted by Crippen LogP contribution is 2.03. The molecule has 0 bridgehead atoms. The van der Waals surface area contributed by atoms with Crippen LogP contribution in [0.3, 0.4) is 0 Å². The minimum atomic E-state index is -0.0503. The van der Waals surface area contributed by atoms with Crippen molar-refractivity contribution in [2.45, 2.75) is 32.2 Å². The summed E-state index contributed by atoms with van der Waals surface area (Å²) in [4.78, 5) is 21.8. The molecule has 1 saturated heterocycles. The summed E-state index contributed by atoms with van der Waals surface area (Å²) in [5.74, 6) is 0.00326. The Morgan fingerprint density at radius 1 is 1.46 bits per heavy atom. The average molecular weight is 185 g/mol. The van der Waals surface area contributed by atoms with E-state index in [1.807, 2.05) is 0 Å². The van der Waals surface area contributed by atoms with Gasteiger partial charge in [-0.05, 0) is 13.3 Å². The summed E-state index contributed by atoms with van der Waals surface area (Å²) >= 11 is 0. The maximum absolute atomic E-state index is 11.2. The van der Waals surface area contributed by atoms with Crippen molar-refractivity contribution in [1.29, 1.82) is 0 Å². The first-order valence-corrected chi connectivity index (χ1v) is 4.55. The van der Waals surface area contributed by atoms with Gasteiger partial charge in [0.15, 0.2) is 0 Å². The van der Waals surface area contributed by atoms with Gasteiger partial charge >= 0.3 is 0 Å². The van der Waals surface area contributed by atoms with Crippen LogP contribution in [0.15, 0.2) is 0 Å². The molecule has 1 rings (SSSR count). The molecule has 0 aromatic heterocycles. The molecule has 0 saturated carbocycles. The van der Waals surface area contributed by atoms with Crippen LogP contribution >= 0.6 is 0 Å². The molecule has 1 aliphatic rings. The van der Waals surface area contributed by atoms with Gasteiger partial charge in [0.05, 0.1) is 12.6 Å². The number of carbonyl (C=O) groups excluding carboxylic acids is 2. The Hall–Kier alpha value is -0.900. The molecular formula is C9H15NO3. The van der Waals surface area contributed by atoms with Crippen molar-refractivity contribution >= 4 is 11.7 Å². The Morgan fingerprint density at radius 3 is 2.77 bits per heavy atom. The zero-order chi connectivity index (χ0) is 9.68. The fourth-order valence-electron chi connectivity index (χ4n) is 1.24. The predicted octanol–water partition coefficient (Wildman–Crippen LogP) is 0.261. The number of carbonyl (C=O) groups is 2. The maximum Gasteiger partial charge on any atom is 0.220 e. The van der Waals surface area contributed by atoms with E-state index < -0.39 is 0 Å². The SMILES string of the molecule is CC(=O)CCC(=O)NC1CCOC1. The number of Topliss-reactive ketones (excluding diaryl/α,β-unsaturated/α-hetero) is 1. The van der Waals surface area contributed by atoms with Crippen LogP contribution in [0.5, 0.6) is 0 Å². The third kappa shape index (κ3) is 4.03. The molecule has 1 aliphatic heterocycles. The van der Waals surface area contributed by atoms with Crippen molar-refractivity contribution < 1.29 is 14.3 Å². The second-order valence-corrected chi connectivity index (χ2v) is 3.33. The quantitative estimate of drug-likeness (QED) is 0.683. The first-order valence-electron chi connectivity index (χ1n) is 4.55. The van der Waals surface area contributed by atoms with Gasteiger partial charge < -0.3 is 14.8 Å². The Bertz CT molecular complexity index is 197. The number of nitrogens with one attached hydrogen (secondary N) is 1. The molecular weight excluding hydrogens is 170 g/mol. The summed E-state index contributed by atoms with van der Waals surface area (Å²) < 4.78 is 5.10. The van der Waals surface area contributed by atoms with Gasteiger partial charge in [-0.1, -0.05) is 0 Å². The lowest BCUT2D eigenvalue weighted by molar-refractivity contribution is -0.125. The summed E-state index contributed by atoms with van der Waals surface area (Å²) in [6.45, 7) is 2.81. The van der Waals surface area contributed by atoms with Crippen LogP contribution in [0.1, 0.15) is 26.2 Å². The van der Waals surface area contributed by atoms with Crippen molar-refractivity contribution in [2.75, 3.05) is 13.2 Å². The standard InChI is InChI=1S/C9H15NO3/c1-7(11)2-3-9(12)10-8-4-5-13-6-8/h8H,2-6H2,1H3,(H,10,12). The number of ether oxygens (including phenoxy) is 1. The number of hydrogen-bond donors (Lipinski definition) is 1. The average Bonchev–Trinajstić information content (AvgIpc) is 2.53. The topological polar surface area (TPSA) is 55.4 Å². The van der Waals surface area contributed by atoms with E-state index in [2.05, 4.69) is 5.32 Å². The van der Waals surface area contributed by atoms with Gasteiger partial charge in [0.1, 0.15) is 5.78 Å². The summed E-state index contributed by atoms with van der Waals surface area (Å²) in [6, 6.07) is 0.152. The number of ketones is 1. The number of amides is 1. The van der Waals surface area contributed by atoms with E-state index in [0.29, 0.717) is 19.4 Å². The van der Waals surface area contributed by atoms with E-state index in [9.17, 15) is 9.59 Å². The van der Waals surface area contributed by atoms with Gasteiger partial charge in [0.2, 0.25) is 5.91 Å². The van der Waals surface area contributed by atoms with Crippen LogP contribution in [0.2, 0.25) is 0 Å². The van der Waals surface area contributed by atoms with Gasteiger partial charge in [-0.3, -0.25) is 4.79 Å². The van der Waals surface area contributed by atoms with E-state index in [1.54, 1.807) is 0 Å². The smallest absolute Gasteiger partial charge is 0.220 e. The normalized spacial score (nSPS) is 21.5. The first-order chi connectivity index (χ1) is 6.18.